The standard InChI is InChI=1S/C12H18O3.C4H4O4/c1-3-5-9-6-7-10(15-8-4-2)12(14)11(9)13;5-3(6)1-2-4(7)8/h6-7,13-14H,3-5,8H2,1-2H3;1-2H,(H,5,6)(H,7,8)/b;2-1+. The largest absolute Gasteiger partial charge is 0.504 e. The van der Waals surface area contributed by atoms with Gasteiger partial charge in [-0.1, -0.05) is 26.3 Å². The van der Waals surface area contributed by atoms with Crippen LogP contribution < -0.4 is 4.74 Å². The Kier molecular flexibility index (Phi) is 9.66. The molecule has 0 saturated carbocycles. The lowest BCUT2D eigenvalue weighted by Gasteiger charge is -2.10. The number of phenols is 2. The SMILES string of the molecule is CCCOc1ccc(CCC)c(O)c1O.O=C(O)/C=C/C(=O)O. The number of hydrogen-bond donors (Lipinski definition) is 4. The van der Waals surface area contributed by atoms with Gasteiger partial charge in [-0.3, -0.25) is 0 Å². The topological polar surface area (TPSA) is 124 Å². The predicted octanol–water partition coefficient (Wildman–Crippen LogP) is 2.55. The molecule has 1 aromatic carbocycles. The van der Waals surface area contributed by atoms with E-state index in [2.05, 4.69) is 0 Å². The molecule has 7 nitrogen and oxygen atoms in total. The number of phenolic OH excluding ortho intramolecular Hbond substituents is 2. The molecule has 23 heavy (non-hydrogen) atoms. The lowest BCUT2D eigenvalue weighted by atomic mass is 10.1. The molecule has 0 bridgehead atoms. The third-order valence-electron chi connectivity index (χ3n) is 2.55. The quantitative estimate of drug-likeness (QED) is 0.448. The summed E-state index contributed by atoms with van der Waals surface area (Å²) < 4.78 is 5.29. The van der Waals surface area contributed by atoms with Crippen LogP contribution in [0, 0.1) is 0 Å². The second-order valence-electron chi connectivity index (χ2n) is 4.53. The maximum Gasteiger partial charge on any atom is 0.328 e. The number of carbonyl (C=O) groups is 2. The lowest BCUT2D eigenvalue weighted by Crippen LogP contribution is -1.96. The maximum atomic E-state index is 9.68. The monoisotopic (exact) mass is 326 g/mol. The Morgan fingerprint density at radius 2 is 1.57 bits per heavy atom. The van der Waals surface area contributed by atoms with Crippen LogP contribution in [-0.4, -0.2) is 39.0 Å². The van der Waals surface area contributed by atoms with E-state index in [0.29, 0.717) is 24.5 Å². The summed E-state index contributed by atoms with van der Waals surface area (Å²) in [5.41, 5.74) is 0.763. The van der Waals surface area contributed by atoms with Crippen LogP contribution in [0.2, 0.25) is 0 Å². The third-order valence-corrected chi connectivity index (χ3v) is 2.55. The molecular weight excluding hydrogens is 304 g/mol. The van der Waals surface area contributed by atoms with Crippen LogP contribution in [0.4, 0.5) is 0 Å². The van der Waals surface area contributed by atoms with Gasteiger partial charge < -0.3 is 25.2 Å². The van der Waals surface area contributed by atoms with E-state index in [1.807, 2.05) is 13.8 Å². The number of rotatable bonds is 7. The number of aryl methyl sites for hydroxylation is 1. The van der Waals surface area contributed by atoms with Crippen molar-refractivity contribution in [3.8, 4) is 17.2 Å². The molecule has 0 unspecified atom stereocenters. The molecule has 0 aliphatic heterocycles. The Balaban J connectivity index is 0.000000515. The van der Waals surface area contributed by atoms with Crippen LogP contribution in [0.1, 0.15) is 32.3 Å². The van der Waals surface area contributed by atoms with Crippen molar-refractivity contribution >= 4 is 11.9 Å². The zero-order valence-corrected chi connectivity index (χ0v) is 13.2. The fraction of sp³-hybridized carbons (Fsp3) is 0.375. The van der Waals surface area contributed by atoms with Crippen molar-refractivity contribution in [2.24, 2.45) is 0 Å². The van der Waals surface area contributed by atoms with E-state index >= 15 is 0 Å². The Morgan fingerprint density at radius 3 is 2.00 bits per heavy atom. The van der Waals surface area contributed by atoms with Crippen molar-refractivity contribution in [2.45, 2.75) is 33.1 Å². The first kappa shape index (κ1) is 20.3. The summed E-state index contributed by atoms with van der Waals surface area (Å²) in [6, 6.07) is 3.50. The second kappa shape index (κ2) is 10.9. The van der Waals surface area contributed by atoms with Gasteiger partial charge >= 0.3 is 11.9 Å². The fourth-order valence-electron chi connectivity index (χ4n) is 1.55. The average molecular weight is 326 g/mol. The molecule has 1 aromatic rings. The van der Waals surface area contributed by atoms with Crippen LogP contribution >= 0.6 is 0 Å². The number of carboxylic acid groups (broad SMARTS) is 2. The Bertz CT molecular complexity index is 534. The molecule has 0 heterocycles. The molecule has 0 aliphatic rings. The minimum Gasteiger partial charge on any atom is -0.504 e. The average Bonchev–Trinajstić information content (AvgIpc) is 2.50. The summed E-state index contributed by atoms with van der Waals surface area (Å²) in [4.78, 5) is 19.1. The van der Waals surface area contributed by atoms with Crippen molar-refractivity contribution in [1.82, 2.24) is 0 Å². The van der Waals surface area contributed by atoms with Gasteiger partial charge in [0.1, 0.15) is 0 Å². The van der Waals surface area contributed by atoms with Crippen molar-refractivity contribution < 1.29 is 34.8 Å². The van der Waals surface area contributed by atoms with Gasteiger partial charge in [-0.05, 0) is 24.5 Å². The minimum absolute atomic E-state index is 0.0505. The molecule has 0 atom stereocenters. The Hall–Kier alpha value is -2.70. The van der Waals surface area contributed by atoms with Crippen molar-refractivity contribution in [1.29, 1.82) is 0 Å². The Labute approximate surface area is 134 Å². The molecule has 0 aliphatic carbocycles. The molecule has 0 spiro atoms. The van der Waals surface area contributed by atoms with E-state index in [9.17, 15) is 19.8 Å². The van der Waals surface area contributed by atoms with Crippen LogP contribution in [0.3, 0.4) is 0 Å². The number of aliphatic carboxylic acids is 2. The van der Waals surface area contributed by atoms with E-state index < -0.39 is 11.9 Å². The van der Waals surface area contributed by atoms with Gasteiger partial charge in [-0.2, -0.15) is 0 Å². The fourth-order valence-corrected chi connectivity index (χ4v) is 1.55. The summed E-state index contributed by atoms with van der Waals surface area (Å²) in [5, 5.41) is 35.0. The molecule has 0 aromatic heterocycles. The number of carboxylic acids is 2. The van der Waals surface area contributed by atoms with Gasteiger partial charge in [0.15, 0.2) is 11.5 Å². The summed E-state index contributed by atoms with van der Waals surface area (Å²) in [7, 11) is 0. The molecule has 128 valence electrons. The molecule has 0 amide bonds. The summed E-state index contributed by atoms with van der Waals surface area (Å²) in [6.07, 6.45) is 3.68. The minimum atomic E-state index is -1.26. The third kappa shape index (κ3) is 8.35. The highest BCUT2D eigenvalue weighted by Gasteiger charge is 2.11. The zero-order chi connectivity index (χ0) is 17.8. The van der Waals surface area contributed by atoms with Crippen LogP contribution in [0.15, 0.2) is 24.3 Å². The van der Waals surface area contributed by atoms with Gasteiger partial charge in [-0.25, -0.2) is 9.59 Å². The molecule has 0 fully saturated rings. The van der Waals surface area contributed by atoms with Gasteiger partial charge in [0, 0.05) is 12.2 Å². The van der Waals surface area contributed by atoms with E-state index in [1.165, 1.54) is 0 Å². The highest BCUT2D eigenvalue weighted by atomic mass is 16.5. The zero-order valence-electron chi connectivity index (χ0n) is 13.2. The maximum absolute atomic E-state index is 9.68. The Morgan fingerprint density at radius 1 is 1.00 bits per heavy atom. The van der Waals surface area contributed by atoms with Gasteiger partial charge in [-0.15, -0.1) is 0 Å². The first-order chi connectivity index (χ1) is 10.8. The predicted molar refractivity (Wildman–Crippen MR) is 84.0 cm³/mol. The van der Waals surface area contributed by atoms with Crippen molar-refractivity contribution in [2.75, 3.05) is 6.61 Å². The van der Waals surface area contributed by atoms with E-state index in [-0.39, 0.29) is 11.5 Å². The van der Waals surface area contributed by atoms with Crippen LogP contribution in [0.25, 0.3) is 0 Å². The number of hydrogen-bond acceptors (Lipinski definition) is 5. The van der Waals surface area contributed by atoms with E-state index in [1.54, 1.807) is 12.1 Å². The van der Waals surface area contributed by atoms with Gasteiger partial charge in [0.25, 0.3) is 0 Å². The second-order valence-corrected chi connectivity index (χ2v) is 4.53. The molecular formula is C16H22O7. The highest BCUT2D eigenvalue weighted by Crippen LogP contribution is 2.38. The molecule has 7 heteroatoms. The summed E-state index contributed by atoms with van der Waals surface area (Å²) in [6.45, 7) is 4.56. The number of aromatic hydroxyl groups is 2. The first-order valence-electron chi connectivity index (χ1n) is 7.13. The van der Waals surface area contributed by atoms with Crippen LogP contribution in [-0.2, 0) is 16.0 Å². The van der Waals surface area contributed by atoms with Crippen molar-refractivity contribution in [3.63, 3.8) is 0 Å². The molecule has 1 rings (SSSR count). The molecule has 0 radical (unpaired) electrons. The number of benzene rings is 1. The normalized spacial score (nSPS) is 10.0. The summed E-state index contributed by atoms with van der Waals surface area (Å²) >= 11 is 0. The molecule has 0 saturated heterocycles. The first-order valence-corrected chi connectivity index (χ1v) is 7.13. The van der Waals surface area contributed by atoms with Gasteiger partial charge in [0.05, 0.1) is 6.61 Å². The van der Waals surface area contributed by atoms with Crippen molar-refractivity contribution in [3.05, 3.63) is 29.8 Å². The smallest absolute Gasteiger partial charge is 0.328 e. The van der Waals surface area contributed by atoms with Crippen LogP contribution in [0.5, 0.6) is 17.2 Å². The summed E-state index contributed by atoms with van der Waals surface area (Å²) in [5.74, 6) is -2.35. The van der Waals surface area contributed by atoms with E-state index in [4.69, 9.17) is 14.9 Å². The molecule has 4 N–H and O–H groups in total. The number of ether oxygens (including phenoxy) is 1. The highest BCUT2D eigenvalue weighted by molar-refractivity contribution is 5.89. The lowest BCUT2D eigenvalue weighted by molar-refractivity contribution is -0.134. The van der Waals surface area contributed by atoms with Gasteiger partial charge in [0.2, 0.25) is 5.75 Å². The van der Waals surface area contributed by atoms with E-state index in [0.717, 1.165) is 24.8 Å².